The molecule has 1 saturated heterocycles. The van der Waals surface area contributed by atoms with Crippen LogP contribution in [0.25, 0.3) is 10.9 Å². The molecule has 1 aromatic carbocycles. The minimum absolute atomic E-state index is 0.104. The van der Waals surface area contributed by atoms with Gasteiger partial charge in [0.1, 0.15) is 12.1 Å². The van der Waals surface area contributed by atoms with E-state index in [2.05, 4.69) is 19.9 Å². The molecule has 5 rings (SSSR count). The first-order valence-electron chi connectivity index (χ1n) is 11.6. The van der Waals surface area contributed by atoms with Crippen molar-refractivity contribution in [3.05, 3.63) is 54.1 Å². The lowest BCUT2D eigenvalue weighted by Gasteiger charge is -2.35. The SMILES string of the molecule is CCOC(=O)C1CCN(c2ncnc3c2CN(S(=O)(=O)c2ccc4cccnc4c2)CC3)CC1. The summed E-state index contributed by atoms with van der Waals surface area (Å²) in [6.45, 7) is 4.10. The predicted octanol–water partition coefficient (Wildman–Crippen LogP) is 2.55. The molecule has 0 unspecified atom stereocenters. The fourth-order valence-electron chi connectivity index (χ4n) is 4.72. The largest absolute Gasteiger partial charge is 0.466 e. The Bertz CT molecular complexity index is 1320. The lowest BCUT2D eigenvalue weighted by Crippen LogP contribution is -2.41. The van der Waals surface area contributed by atoms with E-state index >= 15 is 0 Å². The summed E-state index contributed by atoms with van der Waals surface area (Å²) in [6.07, 6.45) is 5.10. The highest BCUT2D eigenvalue weighted by molar-refractivity contribution is 7.89. The molecule has 0 amide bonds. The van der Waals surface area contributed by atoms with E-state index in [1.807, 2.05) is 19.1 Å². The molecule has 0 bridgehead atoms. The number of anilines is 1. The number of aromatic nitrogens is 3. The van der Waals surface area contributed by atoms with Gasteiger partial charge in [0.05, 0.1) is 28.6 Å². The fraction of sp³-hybridized carbons (Fsp3) is 0.417. The second-order valence-electron chi connectivity index (χ2n) is 8.58. The normalized spacial score (nSPS) is 17.5. The molecule has 0 atom stereocenters. The quantitative estimate of drug-likeness (QED) is 0.512. The van der Waals surface area contributed by atoms with Crippen molar-refractivity contribution in [2.75, 3.05) is 31.1 Å². The number of carbonyl (C=O) groups is 1. The maximum atomic E-state index is 13.5. The Labute approximate surface area is 198 Å². The van der Waals surface area contributed by atoms with Gasteiger partial charge in [0.25, 0.3) is 0 Å². The van der Waals surface area contributed by atoms with E-state index in [1.54, 1.807) is 30.7 Å². The summed E-state index contributed by atoms with van der Waals surface area (Å²) in [7, 11) is -3.71. The van der Waals surface area contributed by atoms with Crippen molar-refractivity contribution in [2.24, 2.45) is 5.92 Å². The van der Waals surface area contributed by atoms with Crippen LogP contribution in [-0.2, 0) is 32.5 Å². The van der Waals surface area contributed by atoms with Crippen molar-refractivity contribution < 1.29 is 17.9 Å². The van der Waals surface area contributed by atoms with Crippen LogP contribution in [0.3, 0.4) is 0 Å². The van der Waals surface area contributed by atoms with Crippen molar-refractivity contribution in [3.8, 4) is 0 Å². The van der Waals surface area contributed by atoms with Crippen LogP contribution >= 0.6 is 0 Å². The van der Waals surface area contributed by atoms with Gasteiger partial charge < -0.3 is 9.64 Å². The Morgan fingerprint density at radius 3 is 2.74 bits per heavy atom. The number of sulfonamides is 1. The van der Waals surface area contributed by atoms with Gasteiger partial charge in [0.2, 0.25) is 10.0 Å². The third-order valence-electron chi connectivity index (χ3n) is 6.57. The molecule has 3 aromatic rings. The minimum atomic E-state index is -3.71. The maximum Gasteiger partial charge on any atom is 0.309 e. The second kappa shape index (κ2) is 9.27. The molecule has 10 heteroatoms. The predicted molar refractivity (Wildman–Crippen MR) is 127 cm³/mol. The van der Waals surface area contributed by atoms with Crippen LogP contribution in [0.4, 0.5) is 5.82 Å². The lowest BCUT2D eigenvalue weighted by atomic mass is 9.96. The maximum absolute atomic E-state index is 13.5. The third kappa shape index (κ3) is 4.23. The van der Waals surface area contributed by atoms with Crippen LogP contribution in [0, 0.1) is 5.92 Å². The van der Waals surface area contributed by atoms with E-state index < -0.39 is 10.0 Å². The summed E-state index contributed by atoms with van der Waals surface area (Å²) in [5, 5.41) is 0.896. The van der Waals surface area contributed by atoms with E-state index in [0.29, 0.717) is 51.0 Å². The van der Waals surface area contributed by atoms with Gasteiger partial charge >= 0.3 is 5.97 Å². The Morgan fingerprint density at radius 1 is 1.12 bits per heavy atom. The molecule has 0 aliphatic carbocycles. The number of fused-ring (bicyclic) bond motifs is 2. The third-order valence-corrected chi connectivity index (χ3v) is 8.42. The number of hydrogen-bond donors (Lipinski definition) is 0. The van der Waals surface area contributed by atoms with E-state index in [1.165, 1.54) is 4.31 Å². The molecule has 0 spiro atoms. The smallest absolute Gasteiger partial charge is 0.309 e. The zero-order chi connectivity index (χ0) is 23.7. The van der Waals surface area contributed by atoms with Crippen molar-refractivity contribution in [1.29, 1.82) is 0 Å². The van der Waals surface area contributed by atoms with Crippen molar-refractivity contribution >= 4 is 32.7 Å². The summed E-state index contributed by atoms with van der Waals surface area (Å²) < 4.78 is 33.7. The van der Waals surface area contributed by atoms with Crippen molar-refractivity contribution in [1.82, 2.24) is 19.3 Å². The number of ether oxygens (including phenoxy) is 1. The van der Waals surface area contributed by atoms with Crippen LogP contribution in [0.5, 0.6) is 0 Å². The topological polar surface area (TPSA) is 106 Å². The molecular weight excluding hydrogens is 454 g/mol. The van der Waals surface area contributed by atoms with Crippen LogP contribution in [0.2, 0.25) is 0 Å². The Kier molecular flexibility index (Phi) is 6.18. The number of carbonyl (C=O) groups excluding carboxylic acids is 1. The number of pyridine rings is 1. The van der Waals surface area contributed by atoms with Crippen LogP contribution in [-0.4, -0.2) is 59.9 Å². The Balaban J connectivity index is 1.38. The van der Waals surface area contributed by atoms with E-state index in [9.17, 15) is 13.2 Å². The molecule has 9 nitrogen and oxygen atoms in total. The minimum Gasteiger partial charge on any atom is -0.466 e. The van der Waals surface area contributed by atoms with Crippen LogP contribution in [0.1, 0.15) is 31.0 Å². The van der Waals surface area contributed by atoms with Gasteiger partial charge in [-0.15, -0.1) is 0 Å². The summed E-state index contributed by atoms with van der Waals surface area (Å²) in [5.41, 5.74) is 2.37. The van der Waals surface area contributed by atoms with E-state index in [4.69, 9.17) is 4.74 Å². The van der Waals surface area contributed by atoms with Gasteiger partial charge in [-0.05, 0) is 38.0 Å². The van der Waals surface area contributed by atoms with Gasteiger partial charge in [0.15, 0.2) is 0 Å². The number of esters is 1. The first-order valence-corrected chi connectivity index (χ1v) is 13.0. The lowest BCUT2D eigenvalue weighted by molar-refractivity contribution is -0.148. The van der Waals surface area contributed by atoms with Gasteiger partial charge in [0, 0.05) is 49.7 Å². The number of benzene rings is 1. The molecule has 2 aromatic heterocycles. The van der Waals surface area contributed by atoms with Crippen LogP contribution in [0.15, 0.2) is 47.8 Å². The summed E-state index contributed by atoms with van der Waals surface area (Å²) in [6, 6.07) is 8.79. The highest BCUT2D eigenvalue weighted by Crippen LogP contribution is 2.32. The zero-order valence-corrected chi connectivity index (χ0v) is 19.9. The van der Waals surface area contributed by atoms with Crippen molar-refractivity contribution in [2.45, 2.75) is 37.6 Å². The average Bonchev–Trinajstić information content (AvgIpc) is 2.88. The standard InChI is InChI=1S/C24H27N5O4S/c1-2-33-24(30)18-7-11-28(12-8-18)23-20-15-29(13-9-21(20)26-16-27-23)34(31,32)19-6-5-17-4-3-10-25-22(17)14-19/h3-6,10,14,16,18H,2,7-9,11-13,15H2,1H3. The van der Waals surface area contributed by atoms with E-state index in [-0.39, 0.29) is 23.3 Å². The first-order chi connectivity index (χ1) is 16.5. The van der Waals surface area contributed by atoms with Gasteiger partial charge in [-0.2, -0.15) is 4.31 Å². The fourth-order valence-corrected chi connectivity index (χ4v) is 6.15. The molecule has 2 aliphatic rings. The Hall–Kier alpha value is -3.11. The molecular formula is C24H27N5O4S. The molecule has 34 heavy (non-hydrogen) atoms. The highest BCUT2D eigenvalue weighted by Gasteiger charge is 2.33. The Morgan fingerprint density at radius 2 is 1.94 bits per heavy atom. The highest BCUT2D eigenvalue weighted by atomic mass is 32.2. The summed E-state index contributed by atoms with van der Waals surface area (Å²) >= 11 is 0. The second-order valence-corrected chi connectivity index (χ2v) is 10.5. The zero-order valence-electron chi connectivity index (χ0n) is 19.1. The number of hydrogen-bond acceptors (Lipinski definition) is 8. The van der Waals surface area contributed by atoms with Crippen molar-refractivity contribution in [3.63, 3.8) is 0 Å². The van der Waals surface area contributed by atoms with E-state index in [0.717, 1.165) is 22.5 Å². The number of rotatable bonds is 5. The molecule has 0 saturated carbocycles. The summed E-state index contributed by atoms with van der Waals surface area (Å²) in [4.78, 5) is 27.7. The van der Waals surface area contributed by atoms with Crippen LogP contribution < -0.4 is 4.90 Å². The number of piperidine rings is 1. The molecule has 1 fully saturated rings. The monoisotopic (exact) mass is 481 g/mol. The number of nitrogens with zero attached hydrogens (tertiary/aromatic N) is 5. The molecule has 0 radical (unpaired) electrons. The molecule has 4 heterocycles. The molecule has 2 aliphatic heterocycles. The molecule has 0 N–H and O–H groups in total. The summed E-state index contributed by atoms with van der Waals surface area (Å²) in [5.74, 6) is 0.508. The van der Waals surface area contributed by atoms with Gasteiger partial charge in [-0.3, -0.25) is 9.78 Å². The van der Waals surface area contributed by atoms with Gasteiger partial charge in [-0.1, -0.05) is 12.1 Å². The average molecular weight is 482 g/mol. The first kappa shape index (κ1) is 22.7. The molecule has 178 valence electrons. The van der Waals surface area contributed by atoms with Gasteiger partial charge in [-0.25, -0.2) is 18.4 Å².